The third kappa shape index (κ3) is 5.24. The number of carbonyl (C=O) groups is 1. The van der Waals surface area contributed by atoms with Crippen LogP contribution in [0.2, 0.25) is 0 Å². The number of nitrogens with zero attached hydrogens (tertiary/aromatic N) is 1. The van der Waals surface area contributed by atoms with Gasteiger partial charge in [0.25, 0.3) is 0 Å². The van der Waals surface area contributed by atoms with Crippen LogP contribution in [0.25, 0.3) is 0 Å². The number of rotatable bonds is 4. The van der Waals surface area contributed by atoms with Crippen LogP contribution in [0.3, 0.4) is 0 Å². The molecule has 1 spiro atoms. The topological polar surface area (TPSA) is 44.4 Å². The van der Waals surface area contributed by atoms with Gasteiger partial charge in [0.1, 0.15) is 0 Å². The van der Waals surface area contributed by atoms with Gasteiger partial charge >= 0.3 is 0 Å². The molecule has 2 N–H and O–H groups in total. The van der Waals surface area contributed by atoms with E-state index < -0.39 is 0 Å². The lowest BCUT2D eigenvalue weighted by Crippen LogP contribution is -2.56. The highest BCUT2D eigenvalue weighted by Crippen LogP contribution is 2.58. The zero-order valence-electron chi connectivity index (χ0n) is 16.3. The second-order valence-electron chi connectivity index (χ2n) is 9.25. The molecule has 0 aromatic heterocycles. The molecule has 2 aliphatic heterocycles. The summed E-state index contributed by atoms with van der Waals surface area (Å²) in [5, 5.41) is 6.69. The lowest BCUT2D eigenvalue weighted by molar-refractivity contribution is -0.124. The Balaban J connectivity index is 0.00000156. The Labute approximate surface area is 166 Å². The summed E-state index contributed by atoms with van der Waals surface area (Å²) in [7, 11) is 0. The summed E-state index contributed by atoms with van der Waals surface area (Å²) in [5.41, 5.74) is 0.391. The summed E-state index contributed by atoms with van der Waals surface area (Å²) in [4.78, 5) is 15.2. The molecule has 1 saturated carbocycles. The van der Waals surface area contributed by atoms with Crippen molar-refractivity contribution in [3.8, 4) is 0 Å². The number of carbonyl (C=O) groups excluding carboxylic acids is 1. The van der Waals surface area contributed by atoms with Crippen LogP contribution in [0, 0.1) is 23.2 Å². The molecule has 2 heterocycles. The molecule has 148 valence electrons. The summed E-state index contributed by atoms with van der Waals surface area (Å²) in [6.07, 6.45) is 4.79. The number of nitrogens with one attached hydrogen (secondary N) is 2. The third-order valence-corrected chi connectivity index (χ3v) is 6.53. The Morgan fingerprint density at radius 3 is 2.28 bits per heavy atom. The second-order valence-corrected chi connectivity index (χ2v) is 9.25. The quantitative estimate of drug-likeness (QED) is 0.770. The monoisotopic (exact) mass is 393 g/mol. The van der Waals surface area contributed by atoms with Crippen LogP contribution in [0.1, 0.15) is 53.4 Å². The molecule has 0 aromatic rings. The van der Waals surface area contributed by atoms with E-state index in [0.29, 0.717) is 11.3 Å². The maximum Gasteiger partial charge on any atom is 0.223 e. The first kappa shape index (κ1) is 23.0. The first-order valence-corrected chi connectivity index (χ1v) is 9.56. The fourth-order valence-electron chi connectivity index (χ4n) is 4.89. The third-order valence-electron chi connectivity index (χ3n) is 6.53. The average molecular weight is 394 g/mol. The van der Waals surface area contributed by atoms with Gasteiger partial charge in [0, 0.05) is 31.1 Å². The molecule has 6 heteroatoms. The Hall–Kier alpha value is -0.0300. The van der Waals surface area contributed by atoms with Crippen LogP contribution in [0.5, 0.6) is 0 Å². The fraction of sp³-hybridized carbons (Fsp3) is 0.947. The van der Waals surface area contributed by atoms with E-state index in [2.05, 4.69) is 43.2 Å². The van der Waals surface area contributed by atoms with Gasteiger partial charge in [-0.05, 0) is 69.9 Å². The maximum absolute atomic E-state index is 12.6. The van der Waals surface area contributed by atoms with Crippen LogP contribution in [-0.2, 0) is 4.79 Å². The second kappa shape index (κ2) is 8.77. The van der Waals surface area contributed by atoms with Crippen molar-refractivity contribution in [1.82, 2.24) is 15.5 Å². The molecule has 4 nitrogen and oxygen atoms in total. The summed E-state index contributed by atoms with van der Waals surface area (Å²) in [6.45, 7) is 14.5. The van der Waals surface area contributed by atoms with Crippen molar-refractivity contribution in [3.63, 3.8) is 0 Å². The lowest BCUT2D eigenvalue weighted by Gasteiger charge is -2.45. The zero-order chi connectivity index (χ0) is 16.7. The smallest absolute Gasteiger partial charge is 0.223 e. The van der Waals surface area contributed by atoms with Gasteiger partial charge in [-0.3, -0.25) is 9.69 Å². The number of amides is 1. The minimum atomic E-state index is 0. The van der Waals surface area contributed by atoms with E-state index in [1.807, 2.05) is 0 Å². The van der Waals surface area contributed by atoms with Gasteiger partial charge in [-0.25, -0.2) is 0 Å². The van der Waals surface area contributed by atoms with Gasteiger partial charge in [0.2, 0.25) is 5.91 Å². The number of piperidine rings is 2. The Kier molecular flexibility index (Phi) is 8.07. The molecule has 1 aliphatic carbocycles. The van der Waals surface area contributed by atoms with E-state index in [1.54, 1.807) is 0 Å². The maximum atomic E-state index is 12.6. The van der Waals surface area contributed by atoms with Crippen molar-refractivity contribution in [2.45, 2.75) is 58.9 Å². The lowest BCUT2D eigenvalue weighted by atomic mass is 9.88. The van der Waals surface area contributed by atoms with Gasteiger partial charge in [-0.15, -0.1) is 24.8 Å². The van der Waals surface area contributed by atoms with Crippen LogP contribution < -0.4 is 10.6 Å². The summed E-state index contributed by atoms with van der Waals surface area (Å²) >= 11 is 0. The summed E-state index contributed by atoms with van der Waals surface area (Å²) < 4.78 is 0. The molecular formula is C19H37Cl2N3O. The molecule has 2 saturated heterocycles. The van der Waals surface area contributed by atoms with Gasteiger partial charge in [0.05, 0.1) is 0 Å². The molecular weight excluding hydrogens is 357 g/mol. The highest BCUT2D eigenvalue weighted by molar-refractivity contribution is 5.85. The zero-order valence-corrected chi connectivity index (χ0v) is 17.9. The first-order chi connectivity index (χ1) is 10.8. The molecule has 0 aromatic carbocycles. The standard InChI is InChI=1S/C19H35N3O.2ClH/c1-14-9-15(2)12-22(11-14)18(3,4)13-21-17(23)16-10-19(16)5-7-20-8-6-19;;/h14-16,20H,5-13H2,1-4H3,(H,21,23);2*1H. The summed E-state index contributed by atoms with van der Waals surface area (Å²) in [6, 6.07) is 0. The number of likely N-dealkylation sites (tertiary alicyclic amines) is 1. The van der Waals surface area contributed by atoms with Crippen molar-refractivity contribution in [2.75, 3.05) is 32.7 Å². The Morgan fingerprint density at radius 1 is 1.16 bits per heavy atom. The van der Waals surface area contributed by atoms with Gasteiger partial charge < -0.3 is 10.6 Å². The minimum Gasteiger partial charge on any atom is -0.354 e. The van der Waals surface area contributed by atoms with Crippen molar-refractivity contribution < 1.29 is 4.79 Å². The molecule has 3 atom stereocenters. The fourth-order valence-corrected chi connectivity index (χ4v) is 4.89. The number of halogens is 2. The van der Waals surface area contributed by atoms with E-state index in [1.165, 1.54) is 19.3 Å². The SMILES string of the molecule is CC1CC(C)CN(C(C)(C)CNC(=O)C2CC23CCNCC3)C1.Cl.Cl. The Bertz CT molecular complexity index is 442. The number of hydrogen-bond donors (Lipinski definition) is 2. The molecule has 3 aliphatic rings. The summed E-state index contributed by atoms with van der Waals surface area (Å²) in [5.74, 6) is 2.10. The van der Waals surface area contributed by atoms with Crippen LogP contribution >= 0.6 is 24.8 Å². The van der Waals surface area contributed by atoms with E-state index >= 15 is 0 Å². The van der Waals surface area contributed by atoms with E-state index in [4.69, 9.17) is 0 Å². The van der Waals surface area contributed by atoms with Crippen molar-refractivity contribution >= 4 is 30.7 Å². The first-order valence-electron chi connectivity index (χ1n) is 9.56. The van der Waals surface area contributed by atoms with Gasteiger partial charge in [-0.1, -0.05) is 13.8 Å². The van der Waals surface area contributed by atoms with E-state index in [9.17, 15) is 4.79 Å². The van der Waals surface area contributed by atoms with E-state index in [0.717, 1.165) is 51.0 Å². The minimum absolute atomic E-state index is 0. The number of hydrogen-bond acceptors (Lipinski definition) is 3. The van der Waals surface area contributed by atoms with Gasteiger partial charge in [-0.2, -0.15) is 0 Å². The molecule has 1 amide bonds. The molecule has 0 radical (unpaired) electrons. The predicted molar refractivity (Wildman–Crippen MR) is 109 cm³/mol. The largest absolute Gasteiger partial charge is 0.354 e. The molecule has 0 bridgehead atoms. The van der Waals surface area contributed by atoms with Crippen molar-refractivity contribution in [2.24, 2.45) is 23.2 Å². The normalized spacial score (nSPS) is 31.6. The molecule has 3 fully saturated rings. The van der Waals surface area contributed by atoms with Crippen LogP contribution in [0.15, 0.2) is 0 Å². The molecule has 3 rings (SSSR count). The van der Waals surface area contributed by atoms with E-state index in [-0.39, 0.29) is 36.3 Å². The molecule has 3 unspecified atom stereocenters. The van der Waals surface area contributed by atoms with Gasteiger partial charge in [0.15, 0.2) is 0 Å². The highest BCUT2D eigenvalue weighted by atomic mass is 35.5. The highest BCUT2D eigenvalue weighted by Gasteiger charge is 2.57. The van der Waals surface area contributed by atoms with Crippen molar-refractivity contribution in [1.29, 1.82) is 0 Å². The van der Waals surface area contributed by atoms with Crippen molar-refractivity contribution in [3.05, 3.63) is 0 Å². The Morgan fingerprint density at radius 2 is 1.72 bits per heavy atom. The van der Waals surface area contributed by atoms with Crippen LogP contribution in [-0.4, -0.2) is 49.1 Å². The van der Waals surface area contributed by atoms with Crippen LogP contribution in [0.4, 0.5) is 0 Å². The predicted octanol–water partition coefficient (Wildman–Crippen LogP) is 3.09. The molecule has 25 heavy (non-hydrogen) atoms. The average Bonchev–Trinajstić information content (AvgIpc) is 3.18.